The zero-order valence-corrected chi connectivity index (χ0v) is 14.6. The lowest BCUT2D eigenvalue weighted by atomic mass is 9.93. The zero-order valence-electron chi connectivity index (χ0n) is 14.6. The Hall–Kier alpha value is -1.56. The Morgan fingerprint density at radius 3 is 2.70 bits per heavy atom. The van der Waals surface area contributed by atoms with Gasteiger partial charge in [-0.15, -0.1) is 0 Å². The number of nitrogens with zero attached hydrogens (tertiary/aromatic N) is 3. The first-order valence-corrected chi connectivity index (χ1v) is 8.47. The van der Waals surface area contributed by atoms with Gasteiger partial charge in [0.2, 0.25) is 0 Å². The molecule has 1 N–H and O–H groups in total. The summed E-state index contributed by atoms with van der Waals surface area (Å²) >= 11 is 0. The summed E-state index contributed by atoms with van der Waals surface area (Å²) in [4.78, 5) is 18.3. The van der Waals surface area contributed by atoms with Crippen LogP contribution in [0.3, 0.4) is 0 Å². The molecule has 1 atom stereocenters. The summed E-state index contributed by atoms with van der Waals surface area (Å²) in [6.07, 6.45) is 6.96. The van der Waals surface area contributed by atoms with Gasteiger partial charge in [-0.2, -0.15) is 0 Å². The summed E-state index contributed by atoms with van der Waals surface area (Å²) in [6.45, 7) is 8.15. The number of carbonyl (C=O) groups excluding carboxylic acids is 1. The molecular formula is C17H28N4O2. The Balaban J connectivity index is 1.45. The van der Waals surface area contributed by atoms with Crippen LogP contribution in [0.25, 0.3) is 0 Å². The van der Waals surface area contributed by atoms with E-state index < -0.39 is 5.60 Å². The molecule has 0 radical (unpaired) electrons. The van der Waals surface area contributed by atoms with E-state index in [1.54, 1.807) is 0 Å². The van der Waals surface area contributed by atoms with E-state index in [0.717, 1.165) is 38.3 Å². The molecule has 2 heterocycles. The second kappa shape index (κ2) is 5.82. The number of amides is 1. The minimum atomic E-state index is -0.419. The first-order chi connectivity index (χ1) is 10.8. The van der Waals surface area contributed by atoms with Gasteiger partial charge in [-0.25, -0.2) is 9.78 Å². The lowest BCUT2D eigenvalue weighted by Gasteiger charge is -2.34. The summed E-state index contributed by atoms with van der Waals surface area (Å²) < 4.78 is 7.51. The summed E-state index contributed by atoms with van der Waals surface area (Å²) in [5, 5.41) is 3.62. The minimum Gasteiger partial charge on any atom is -0.444 e. The van der Waals surface area contributed by atoms with Crippen molar-refractivity contribution >= 4 is 6.09 Å². The van der Waals surface area contributed by atoms with E-state index in [4.69, 9.17) is 4.74 Å². The lowest BCUT2D eigenvalue weighted by Crippen LogP contribution is -2.43. The van der Waals surface area contributed by atoms with Crippen molar-refractivity contribution in [1.82, 2.24) is 19.8 Å². The van der Waals surface area contributed by atoms with E-state index in [1.807, 2.05) is 49.7 Å². The lowest BCUT2D eigenvalue weighted by molar-refractivity contribution is 0.0168. The monoisotopic (exact) mass is 320 g/mol. The van der Waals surface area contributed by atoms with Crippen LogP contribution in [-0.2, 0) is 18.3 Å². The van der Waals surface area contributed by atoms with Crippen LogP contribution in [0.1, 0.15) is 45.9 Å². The fourth-order valence-corrected chi connectivity index (χ4v) is 3.43. The van der Waals surface area contributed by atoms with Crippen LogP contribution in [0, 0.1) is 5.41 Å². The number of nitrogens with one attached hydrogen (secondary N) is 1. The Bertz CT molecular complexity index is 567. The summed E-state index contributed by atoms with van der Waals surface area (Å²) in [5.74, 6) is 1.07. The van der Waals surface area contributed by atoms with Crippen molar-refractivity contribution in [3.8, 4) is 0 Å². The molecule has 1 saturated heterocycles. The highest BCUT2D eigenvalue weighted by atomic mass is 16.6. The van der Waals surface area contributed by atoms with Gasteiger partial charge in [0.05, 0.1) is 6.54 Å². The predicted octanol–water partition coefficient (Wildman–Crippen LogP) is 2.30. The maximum Gasteiger partial charge on any atom is 0.410 e. The maximum absolute atomic E-state index is 12.1. The molecule has 1 amide bonds. The highest BCUT2D eigenvalue weighted by molar-refractivity contribution is 5.68. The molecule has 3 rings (SSSR count). The van der Waals surface area contributed by atoms with E-state index >= 15 is 0 Å². The summed E-state index contributed by atoms with van der Waals surface area (Å²) in [6, 6.07) is 0.556. The number of rotatable bonds is 3. The van der Waals surface area contributed by atoms with E-state index in [2.05, 4.69) is 10.3 Å². The third-order valence-corrected chi connectivity index (χ3v) is 5.03. The second-order valence-electron chi connectivity index (χ2n) is 7.92. The van der Waals surface area contributed by atoms with Gasteiger partial charge in [-0.05, 0) is 45.4 Å². The number of aromatic nitrogens is 2. The smallest absolute Gasteiger partial charge is 0.410 e. The molecule has 0 aromatic carbocycles. The normalized spacial score (nSPS) is 23.1. The maximum atomic E-state index is 12.1. The molecule has 1 spiro atoms. The number of hydrogen-bond acceptors (Lipinski definition) is 4. The molecule has 1 aromatic rings. The van der Waals surface area contributed by atoms with Crippen LogP contribution in [-0.4, -0.2) is 45.3 Å². The molecule has 1 saturated carbocycles. The van der Waals surface area contributed by atoms with Crippen LogP contribution in [0.4, 0.5) is 4.79 Å². The van der Waals surface area contributed by atoms with Crippen LogP contribution in [0.2, 0.25) is 0 Å². The largest absolute Gasteiger partial charge is 0.444 e. The Morgan fingerprint density at radius 2 is 2.13 bits per heavy atom. The third kappa shape index (κ3) is 3.68. The van der Waals surface area contributed by atoms with Crippen LogP contribution >= 0.6 is 0 Å². The SMILES string of the molecule is Cn1ccnc1CN[C@H]1CC12CCN(C(=O)OC(C)(C)C)CC2. The second-order valence-corrected chi connectivity index (χ2v) is 7.92. The number of ether oxygens (including phenoxy) is 1. The van der Waals surface area contributed by atoms with Crippen molar-refractivity contribution in [2.45, 2.75) is 58.2 Å². The Morgan fingerprint density at radius 1 is 1.43 bits per heavy atom. The van der Waals surface area contributed by atoms with Gasteiger partial charge in [0.25, 0.3) is 0 Å². The van der Waals surface area contributed by atoms with Crippen molar-refractivity contribution in [3.05, 3.63) is 18.2 Å². The molecule has 0 bridgehead atoms. The van der Waals surface area contributed by atoms with Crippen LogP contribution in [0.5, 0.6) is 0 Å². The molecule has 23 heavy (non-hydrogen) atoms. The number of piperidine rings is 1. The molecule has 6 heteroatoms. The molecule has 1 aliphatic carbocycles. The molecule has 6 nitrogen and oxygen atoms in total. The van der Waals surface area contributed by atoms with E-state index in [-0.39, 0.29) is 6.09 Å². The van der Waals surface area contributed by atoms with Crippen LogP contribution < -0.4 is 5.32 Å². The fraction of sp³-hybridized carbons (Fsp3) is 0.765. The van der Waals surface area contributed by atoms with Gasteiger partial charge >= 0.3 is 6.09 Å². The highest BCUT2D eigenvalue weighted by Gasteiger charge is 2.55. The van der Waals surface area contributed by atoms with Gasteiger partial charge in [-0.3, -0.25) is 0 Å². The first-order valence-electron chi connectivity index (χ1n) is 8.47. The molecule has 2 aliphatic rings. The molecule has 1 aliphatic heterocycles. The Labute approximate surface area is 138 Å². The number of likely N-dealkylation sites (tertiary alicyclic amines) is 1. The summed E-state index contributed by atoms with van der Waals surface area (Å²) in [5.41, 5.74) is -0.0400. The standard InChI is InChI=1S/C17H28N4O2/c1-16(2,3)23-15(22)21-8-5-17(6-9-21)11-13(17)19-12-14-18-7-10-20(14)4/h7,10,13,19H,5-6,8-9,11-12H2,1-4H3/t13-/m0/s1. The zero-order chi connectivity index (χ0) is 16.7. The molecule has 0 unspecified atom stereocenters. The van der Waals surface area contributed by atoms with E-state index in [0.29, 0.717) is 11.5 Å². The van der Waals surface area contributed by atoms with E-state index in [1.165, 1.54) is 6.42 Å². The fourth-order valence-electron chi connectivity index (χ4n) is 3.43. The van der Waals surface area contributed by atoms with E-state index in [9.17, 15) is 4.79 Å². The van der Waals surface area contributed by atoms with Gasteiger partial charge in [-0.1, -0.05) is 0 Å². The van der Waals surface area contributed by atoms with Crippen molar-refractivity contribution in [3.63, 3.8) is 0 Å². The Kier molecular flexibility index (Phi) is 4.12. The molecule has 2 fully saturated rings. The summed E-state index contributed by atoms with van der Waals surface area (Å²) in [7, 11) is 2.02. The molecular weight excluding hydrogens is 292 g/mol. The number of hydrogen-bond donors (Lipinski definition) is 1. The minimum absolute atomic E-state index is 0.175. The van der Waals surface area contributed by atoms with Gasteiger partial charge in [0, 0.05) is 38.6 Å². The van der Waals surface area contributed by atoms with Crippen LogP contribution in [0.15, 0.2) is 12.4 Å². The molecule has 1 aromatic heterocycles. The highest BCUT2D eigenvalue weighted by Crippen LogP contribution is 2.54. The number of aryl methyl sites for hydroxylation is 1. The number of carbonyl (C=O) groups is 1. The van der Waals surface area contributed by atoms with Crippen molar-refractivity contribution in [2.24, 2.45) is 12.5 Å². The van der Waals surface area contributed by atoms with Crippen molar-refractivity contribution < 1.29 is 9.53 Å². The predicted molar refractivity (Wildman–Crippen MR) is 87.9 cm³/mol. The number of imidazole rings is 1. The first kappa shape index (κ1) is 16.3. The average molecular weight is 320 g/mol. The quantitative estimate of drug-likeness (QED) is 0.928. The van der Waals surface area contributed by atoms with Crippen molar-refractivity contribution in [2.75, 3.05) is 13.1 Å². The van der Waals surface area contributed by atoms with Crippen molar-refractivity contribution in [1.29, 1.82) is 0 Å². The third-order valence-electron chi connectivity index (χ3n) is 5.03. The topological polar surface area (TPSA) is 59.4 Å². The average Bonchev–Trinajstić information content (AvgIpc) is 2.95. The van der Waals surface area contributed by atoms with Gasteiger partial charge in [0.1, 0.15) is 11.4 Å². The van der Waals surface area contributed by atoms with Gasteiger partial charge in [0.15, 0.2) is 0 Å². The van der Waals surface area contributed by atoms with Gasteiger partial charge < -0.3 is 19.5 Å². The molecule has 128 valence electrons.